The molecule has 3 atom stereocenters. The van der Waals surface area contributed by atoms with Gasteiger partial charge in [-0.15, -0.1) is 0 Å². The van der Waals surface area contributed by atoms with E-state index in [0.29, 0.717) is 16.7 Å². The summed E-state index contributed by atoms with van der Waals surface area (Å²) in [4.78, 5) is 24.9. The fourth-order valence-electron chi connectivity index (χ4n) is 4.74. The predicted molar refractivity (Wildman–Crippen MR) is 123 cm³/mol. The van der Waals surface area contributed by atoms with Crippen molar-refractivity contribution in [2.24, 2.45) is 0 Å². The minimum Gasteiger partial charge on any atom is -0.360 e. The van der Waals surface area contributed by atoms with Crippen LogP contribution in [0.2, 0.25) is 5.02 Å². The number of carbonyl (C=O) groups excluding carboxylic acids is 1. The average Bonchev–Trinajstić information content (AvgIpc) is 3.46. The molecule has 1 aliphatic carbocycles. The second-order valence-corrected chi connectivity index (χ2v) is 8.91. The highest BCUT2D eigenvalue weighted by Gasteiger charge is 2.28. The monoisotopic (exact) mass is 438 g/mol. The molecule has 3 aromatic rings. The number of fused-ring (bicyclic) bond motifs is 1. The first-order valence-electron chi connectivity index (χ1n) is 11.1. The van der Waals surface area contributed by atoms with E-state index in [1.807, 2.05) is 24.4 Å². The van der Waals surface area contributed by atoms with Crippen LogP contribution in [-0.2, 0) is 4.79 Å². The van der Waals surface area contributed by atoms with Gasteiger partial charge in [-0.3, -0.25) is 4.79 Å². The van der Waals surface area contributed by atoms with Crippen LogP contribution in [0.5, 0.6) is 0 Å². The number of hydrogen-bond acceptors (Lipinski definition) is 5. The lowest BCUT2D eigenvalue weighted by molar-refractivity contribution is -0.123. The van der Waals surface area contributed by atoms with Gasteiger partial charge in [-0.25, -0.2) is 9.97 Å². The second kappa shape index (κ2) is 8.85. The van der Waals surface area contributed by atoms with Gasteiger partial charge in [-0.05, 0) is 51.1 Å². The second-order valence-electron chi connectivity index (χ2n) is 8.50. The molecule has 2 aromatic heterocycles. The zero-order valence-electron chi connectivity index (χ0n) is 17.3. The van der Waals surface area contributed by atoms with Crippen LogP contribution in [0.1, 0.15) is 38.5 Å². The summed E-state index contributed by atoms with van der Waals surface area (Å²) in [5.41, 5.74) is 2.72. The van der Waals surface area contributed by atoms with Crippen molar-refractivity contribution >= 4 is 34.4 Å². The van der Waals surface area contributed by atoms with E-state index in [4.69, 9.17) is 16.6 Å². The van der Waals surface area contributed by atoms with Crippen molar-refractivity contribution in [1.29, 1.82) is 0 Å². The topological polar surface area (TPSA) is 94.7 Å². The molecule has 1 aromatic carbocycles. The standard InChI is InChI=1S/C23H27ClN6O/c24-18-13-27-23(30-21(18)17-12-26-19-8-2-1-7-16(17)19)29-15-6-3-5-14(11-15)28-22(31)20-9-4-10-25-20/h1-2,7-8,12-15,20,25-26H,3-6,9-11H2,(H,28,31)(H,27,29,30)/t14-,15-,20+/m0/s1. The Morgan fingerprint density at radius 1 is 1.13 bits per heavy atom. The summed E-state index contributed by atoms with van der Waals surface area (Å²) in [5.74, 6) is 0.701. The van der Waals surface area contributed by atoms with Gasteiger partial charge in [-0.2, -0.15) is 0 Å². The van der Waals surface area contributed by atoms with Crippen molar-refractivity contribution in [2.45, 2.75) is 56.7 Å². The summed E-state index contributed by atoms with van der Waals surface area (Å²) in [6, 6.07) is 8.45. The third kappa shape index (κ3) is 4.38. The molecule has 2 fully saturated rings. The summed E-state index contributed by atoms with van der Waals surface area (Å²) >= 11 is 6.45. The Morgan fingerprint density at radius 2 is 2.00 bits per heavy atom. The highest BCUT2D eigenvalue weighted by Crippen LogP contribution is 2.32. The summed E-state index contributed by atoms with van der Waals surface area (Å²) < 4.78 is 0. The van der Waals surface area contributed by atoms with E-state index in [1.54, 1.807) is 6.20 Å². The summed E-state index contributed by atoms with van der Waals surface area (Å²) in [6.45, 7) is 0.930. The number of nitrogens with zero attached hydrogens (tertiary/aromatic N) is 2. The van der Waals surface area contributed by atoms with Crippen LogP contribution in [-0.4, -0.2) is 45.5 Å². The number of H-pyrrole nitrogens is 1. The number of rotatable bonds is 5. The number of aromatic amines is 1. The first kappa shape index (κ1) is 20.3. The molecule has 5 rings (SSSR count). The fraction of sp³-hybridized carbons (Fsp3) is 0.435. The van der Waals surface area contributed by atoms with Crippen LogP contribution in [0.4, 0.5) is 5.95 Å². The SMILES string of the molecule is O=C(N[C@H]1CCC[C@H](Nc2ncc(Cl)c(-c3c[nH]c4ccccc34)n2)C1)[C@H]1CCCN1. The molecule has 31 heavy (non-hydrogen) atoms. The molecule has 0 radical (unpaired) electrons. The van der Waals surface area contributed by atoms with Crippen LogP contribution in [0.3, 0.4) is 0 Å². The number of amides is 1. The maximum absolute atomic E-state index is 12.5. The maximum Gasteiger partial charge on any atom is 0.237 e. The molecule has 3 heterocycles. The van der Waals surface area contributed by atoms with Gasteiger partial charge in [0.2, 0.25) is 11.9 Å². The zero-order valence-corrected chi connectivity index (χ0v) is 18.1. The number of carbonyl (C=O) groups is 1. The lowest BCUT2D eigenvalue weighted by Crippen LogP contribution is -2.48. The lowest BCUT2D eigenvalue weighted by atomic mass is 9.91. The van der Waals surface area contributed by atoms with E-state index in [-0.39, 0.29) is 24.0 Å². The van der Waals surface area contributed by atoms with E-state index in [0.717, 1.165) is 61.5 Å². The first-order valence-corrected chi connectivity index (χ1v) is 11.4. The van der Waals surface area contributed by atoms with Gasteiger partial charge in [-0.1, -0.05) is 29.8 Å². The quantitative estimate of drug-likeness (QED) is 0.485. The van der Waals surface area contributed by atoms with Crippen molar-refractivity contribution in [1.82, 2.24) is 25.6 Å². The number of anilines is 1. The molecule has 4 N–H and O–H groups in total. The Hall–Kier alpha value is -2.64. The van der Waals surface area contributed by atoms with Crippen LogP contribution in [0.15, 0.2) is 36.7 Å². The molecule has 1 aliphatic heterocycles. The van der Waals surface area contributed by atoms with E-state index >= 15 is 0 Å². The van der Waals surface area contributed by atoms with Crippen LogP contribution in [0.25, 0.3) is 22.2 Å². The third-order valence-electron chi connectivity index (χ3n) is 6.32. The highest BCUT2D eigenvalue weighted by molar-refractivity contribution is 6.33. The van der Waals surface area contributed by atoms with Crippen molar-refractivity contribution in [3.05, 3.63) is 41.7 Å². The number of para-hydroxylation sites is 1. The number of hydrogen-bond donors (Lipinski definition) is 4. The number of aromatic nitrogens is 3. The maximum atomic E-state index is 12.5. The summed E-state index contributed by atoms with van der Waals surface area (Å²) in [7, 11) is 0. The average molecular weight is 439 g/mol. The van der Waals surface area contributed by atoms with Crippen LogP contribution < -0.4 is 16.0 Å². The van der Waals surface area contributed by atoms with Gasteiger partial charge < -0.3 is 20.9 Å². The molecule has 1 saturated heterocycles. The van der Waals surface area contributed by atoms with Crippen LogP contribution in [0, 0.1) is 0 Å². The van der Waals surface area contributed by atoms with Gasteiger partial charge in [0.15, 0.2) is 0 Å². The van der Waals surface area contributed by atoms with Gasteiger partial charge >= 0.3 is 0 Å². The number of nitrogens with one attached hydrogen (secondary N) is 4. The van der Waals surface area contributed by atoms with Gasteiger partial charge in [0.25, 0.3) is 0 Å². The Labute approximate surface area is 186 Å². The van der Waals surface area contributed by atoms with Crippen molar-refractivity contribution < 1.29 is 4.79 Å². The van der Waals surface area contributed by atoms with E-state index < -0.39 is 0 Å². The zero-order chi connectivity index (χ0) is 21.2. The van der Waals surface area contributed by atoms with Gasteiger partial charge in [0, 0.05) is 34.7 Å². The molecule has 0 spiro atoms. The van der Waals surface area contributed by atoms with Crippen LogP contribution >= 0.6 is 11.6 Å². The Balaban J connectivity index is 1.29. The lowest BCUT2D eigenvalue weighted by Gasteiger charge is -2.31. The van der Waals surface area contributed by atoms with Gasteiger partial charge in [0.1, 0.15) is 0 Å². The van der Waals surface area contributed by atoms with Crippen molar-refractivity contribution in [2.75, 3.05) is 11.9 Å². The molecule has 0 bridgehead atoms. The summed E-state index contributed by atoms with van der Waals surface area (Å²) in [6.07, 6.45) is 9.56. The first-order chi connectivity index (χ1) is 15.2. The molecular weight excluding hydrogens is 412 g/mol. The molecule has 1 saturated carbocycles. The third-order valence-corrected chi connectivity index (χ3v) is 6.60. The predicted octanol–water partition coefficient (Wildman–Crippen LogP) is 3.87. The molecule has 2 aliphatic rings. The van der Waals surface area contributed by atoms with E-state index in [2.05, 4.69) is 32.0 Å². The van der Waals surface area contributed by atoms with Crippen molar-refractivity contribution in [3.8, 4) is 11.3 Å². The number of halogens is 1. The normalized spacial score (nSPS) is 23.7. The smallest absolute Gasteiger partial charge is 0.237 e. The molecule has 0 unspecified atom stereocenters. The Bertz CT molecular complexity index is 1080. The van der Waals surface area contributed by atoms with Crippen molar-refractivity contribution in [3.63, 3.8) is 0 Å². The fourth-order valence-corrected chi connectivity index (χ4v) is 4.93. The van der Waals surface area contributed by atoms with E-state index in [1.165, 1.54) is 0 Å². The molecule has 8 heteroatoms. The molecule has 7 nitrogen and oxygen atoms in total. The number of benzene rings is 1. The summed E-state index contributed by atoms with van der Waals surface area (Å²) in [5, 5.41) is 11.6. The molecular formula is C23H27ClN6O. The highest BCUT2D eigenvalue weighted by atomic mass is 35.5. The minimum absolute atomic E-state index is 0.0355. The molecule has 1 amide bonds. The Morgan fingerprint density at radius 3 is 2.87 bits per heavy atom. The minimum atomic E-state index is -0.0355. The molecule has 162 valence electrons. The Kier molecular flexibility index (Phi) is 5.78. The largest absolute Gasteiger partial charge is 0.360 e. The van der Waals surface area contributed by atoms with E-state index in [9.17, 15) is 4.79 Å². The van der Waals surface area contributed by atoms with Gasteiger partial charge in [0.05, 0.1) is 23.0 Å².